The van der Waals surface area contributed by atoms with E-state index < -0.39 is 0 Å². The van der Waals surface area contributed by atoms with Crippen molar-refractivity contribution in [2.45, 2.75) is 6.42 Å². The number of nitrogens with zero attached hydrogens (tertiary/aromatic N) is 5. The molecule has 0 aliphatic heterocycles. The van der Waals surface area contributed by atoms with Crippen LogP contribution in [0.25, 0.3) is 0 Å². The van der Waals surface area contributed by atoms with Crippen molar-refractivity contribution in [1.82, 2.24) is 15.0 Å². The first kappa shape index (κ1) is 13.3. The molecule has 0 N–H and O–H groups in total. The van der Waals surface area contributed by atoms with Gasteiger partial charge in [-0.2, -0.15) is 4.98 Å². The largest absolute Gasteiger partial charge is 0.359 e. The molecular formula is C14H19N5. The van der Waals surface area contributed by atoms with Gasteiger partial charge in [0.05, 0.1) is 0 Å². The zero-order chi connectivity index (χ0) is 13.7. The monoisotopic (exact) mass is 257 g/mol. The van der Waals surface area contributed by atoms with Crippen LogP contribution in [0, 0.1) is 0 Å². The Morgan fingerprint density at radius 1 is 1.00 bits per heavy atom. The molecule has 2 aromatic heterocycles. The Labute approximate surface area is 113 Å². The van der Waals surface area contributed by atoms with Crippen LogP contribution >= 0.6 is 0 Å². The predicted octanol–water partition coefficient (Wildman–Crippen LogP) is 1.62. The molecule has 0 saturated carbocycles. The first-order valence-corrected chi connectivity index (χ1v) is 6.28. The second kappa shape index (κ2) is 6.13. The van der Waals surface area contributed by atoms with Gasteiger partial charge in [-0.05, 0) is 18.2 Å². The summed E-state index contributed by atoms with van der Waals surface area (Å²) in [5.74, 6) is 1.65. The summed E-state index contributed by atoms with van der Waals surface area (Å²) in [5.41, 5.74) is 1.09. The van der Waals surface area contributed by atoms with Gasteiger partial charge in [0.15, 0.2) is 0 Å². The maximum Gasteiger partial charge on any atom is 0.226 e. The molecule has 5 nitrogen and oxygen atoms in total. The van der Waals surface area contributed by atoms with Gasteiger partial charge in [-0.15, -0.1) is 0 Å². The van der Waals surface area contributed by atoms with Crippen molar-refractivity contribution in [2.75, 3.05) is 37.5 Å². The van der Waals surface area contributed by atoms with Crippen molar-refractivity contribution < 1.29 is 0 Å². The lowest BCUT2D eigenvalue weighted by molar-refractivity contribution is 0.832. The standard InChI is InChI=1S/C14H19N5/c1-18(2)14-16-10-7-13(17-14)19(3)11-8-12-6-4-5-9-15-12/h4-7,9-10H,8,11H2,1-3H3. The highest BCUT2D eigenvalue weighted by atomic mass is 15.3. The maximum atomic E-state index is 4.50. The Bertz CT molecular complexity index is 512. The summed E-state index contributed by atoms with van der Waals surface area (Å²) in [6.45, 7) is 0.876. The van der Waals surface area contributed by atoms with Crippen LogP contribution in [0.1, 0.15) is 5.69 Å². The number of pyridine rings is 1. The second-order valence-corrected chi connectivity index (χ2v) is 4.60. The van der Waals surface area contributed by atoms with Gasteiger partial charge in [0.1, 0.15) is 5.82 Å². The summed E-state index contributed by atoms with van der Waals surface area (Å²) in [6.07, 6.45) is 4.51. The molecule has 0 aromatic carbocycles. The Morgan fingerprint density at radius 3 is 2.53 bits per heavy atom. The SMILES string of the molecule is CN(C)c1nccc(N(C)CCc2ccccn2)n1. The fraction of sp³-hybridized carbons (Fsp3) is 0.357. The lowest BCUT2D eigenvalue weighted by atomic mass is 10.2. The molecule has 0 fully saturated rings. The van der Waals surface area contributed by atoms with E-state index in [2.05, 4.69) is 19.9 Å². The molecule has 0 aliphatic carbocycles. The molecule has 0 atom stereocenters. The van der Waals surface area contributed by atoms with Crippen LogP contribution in [-0.2, 0) is 6.42 Å². The van der Waals surface area contributed by atoms with E-state index in [-0.39, 0.29) is 0 Å². The number of aromatic nitrogens is 3. The minimum absolute atomic E-state index is 0.724. The third kappa shape index (κ3) is 3.64. The van der Waals surface area contributed by atoms with Crippen LogP contribution in [0.3, 0.4) is 0 Å². The van der Waals surface area contributed by atoms with E-state index in [9.17, 15) is 0 Å². The summed E-state index contributed by atoms with van der Waals surface area (Å²) in [4.78, 5) is 17.1. The van der Waals surface area contributed by atoms with Crippen LogP contribution in [0.15, 0.2) is 36.7 Å². The van der Waals surface area contributed by atoms with E-state index in [0.717, 1.165) is 30.4 Å². The van der Waals surface area contributed by atoms with Gasteiger partial charge in [-0.1, -0.05) is 6.07 Å². The zero-order valence-corrected chi connectivity index (χ0v) is 11.6. The number of anilines is 2. The molecule has 0 radical (unpaired) electrons. The van der Waals surface area contributed by atoms with Crippen molar-refractivity contribution in [3.8, 4) is 0 Å². The van der Waals surface area contributed by atoms with Crippen LogP contribution in [-0.4, -0.2) is 42.6 Å². The lowest BCUT2D eigenvalue weighted by Crippen LogP contribution is -2.23. The van der Waals surface area contributed by atoms with E-state index in [0.29, 0.717) is 0 Å². The van der Waals surface area contributed by atoms with Gasteiger partial charge < -0.3 is 9.80 Å². The highest BCUT2D eigenvalue weighted by Gasteiger charge is 2.06. The number of hydrogen-bond acceptors (Lipinski definition) is 5. The molecule has 0 unspecified atom stereocenters. The van der Waals surface area contributed by atoms with Crippen molar-refractivity contribution >= 4 is 11.8 Å². The topological polar surface area (TPSA) is 45.2 Å². The third-order valence-corrected chi connectivity index (χ3v) is 2.85. The molecular weight excluding hydrogens is 238 g/mol. The molecule has 2 aromatic rings. The molecule has 19 heavy (non-hydrogen) atoms. The van der Waals surface area contributed by atoms with Crippen molar-refractivity contribution in [2.24, 2.45) is 0 Å². The summed E-state index contributed by atoms with van der Waals surface area (Å²) >= 11 is 0. The molecule has 0 bridgehead atoms. The highest BCUT2D eigenvalue weighted by Crippen LogP contribution is 2.12. The van der Waals surface area contributed by atoms with Gasteiger partial charge in [-0.25, -0.2) is 4.98 Å². The van der Waals surface area contributed by atoms with Gasteiger partial charge in [0, 0.05) is 52.2 Å². The molecule has 0 amide bonds. The fourth-order valence-electron chi connectivity index (χ4n) is 1.71. The molecule has 0 saturated heterocycles. The van der Waals surface area contributed by atoms with Gasteiger partial charge in [0.25, 0.3) is 0 Å². The minimum Gasteiger partial charge on any atom is -0.359 e. The molecule has 0 aliphatic rings. The zero-order valence-electron chi connectivity index (χ0n) is 11.6. The number of likely N-dealkylation sites (N-methyl/N-ethyl adjacent to an activating group) is 1. The second-order valence-electron chi connectivity index (χ2n) is 4.60. The highest BCUT2D eigenvalue weighted by molar-refractivity contribution is 5.42. The van der Waals surface area contributed by atoms with E-state index in [1.807, 2.05) is 56.5 Å². The summed E-state index contributed by atoms with van der Waals surface area (Å²) < 4.78 is 0. The van der Waals surface area contributed by atoms with Crippen molar-refractivity contribution in [3.05, 3.63) is 42.4 Å². The van der Waals surface area contributed by atoms with Crippen molar-refractivity contribution in [1.29, 1.82) is 0 Å². The van der Waals surface area contributed by atoms with Crippen LogP contribution in [0.5, 0.6) is 0 Å². The molecule has 100 valence electrons. The van der Waals surface area contributed by atoms with E-state index in [1.165, 1.54) is 0 Å². The Kier molecular flexibility index (Phi) is 4.28. The van der Waals surface area contributed by atoms with Crippen LogP contribution < -0.4 is 9.80 Å². The maximum absolute atomic E-state index is 4.50. The normalized spacial score (nSPS) is 10.3. The van der Waals surface area contributed by atoms with Crippen molar-refractivity contribution in [3.63, 3.8) is 0 Å². The van der Waals surface area contributed by atoms with E-state index in [1.54, 1.807) is 6.20 Å². The minimum atomic E-state index is 0.724. The summed E-state index contributed by atoms with van der Waals surface area (Å²) in [6, 6.07) is 7.91. The Morgan fingerprint density at radius 2 is 1.84 bits per heavy atom. The van der Waals surface area contributed by atoms with Crippen LogP contribution in [0.4, 0.5) is 11.8 Å². The first-order chi connectivity index (χ1) is 9.16. The summed E-state index contributed by atoms with van der Waals surface area (Å²) in [5, 5.41) is 0. The van der Waals surface area contributed by atoms with E-state index >= 15 is 0 Å². The average molecular weight is 257 g/mol. The quantitative estimate of drug-likeness (QED) is 0.814. The Hall–Kier alpha value is -2.17. The van der Waals surface area contributed by atoms with Gasteiger partial charge in [-0.3, -0.25) is 4.98 Å². The number of rotatable bonds is 5. The first-order valence-electron chi connectivity index (χ1n) is 6.28. The molecule has 2 heterocycles. The fourth-order valence-corrected chi connectivity index (χ4v) is 1.71. The molecule has 5 heteroatoms. The van der Waals surface area contributed by atoms with E-state index in [4.69, 9.17) is 0 Å². The predicted molar refractivity (Wildman–Crippen MR) is 77.6 cm³/mol. The number of hydrogen-bond donors (Lipinski definition) is 0. The third-order valence-electron chi connectivity index (χ3n) is 2.85. The smallest absolute Gasteiger partial charge is 0.226 e. The summed E-state index contributed by atoms with van der Waals surface area (Å²) in [7, 11) is 5.91. The van der Waals surface area contributed by atoms with Gasteiger partial charge >= 0.3 is 0 Å². The average Bonchev–Trinajstić information content (AvgIpc) is 2.46. The molecule has 2 rings (SSSR count). The van der Waals surface area contributed by atoms with Crippen LogP contribution in [0.2, 0.25) is 0 Å². The molecule has 0 spiro atoms. The lowest BCUT2D eigenvalue weighted by Gasteiger charge is -2.19. The Balaban J connectivity index is 2.00. The van der Waals surface area contributed by atoms with Gasteiger partial charge in [0.2, 0.25) is 5.95 Å².